The van der Waals surface area contributed by atoms with Crippen LogP contribution >= 0.6 is 11.8 Å². The van der Waals surface area contributed by atoms with E-state index in [-0.39, 0.29) is 10.6 Å². The van der Waals surface area contributed by atoms with Gasteiger partial charge in [-0.15, -0.1) is 11.8 Å². The Balaban J connectivity index is 2.00. The van der Waals surface area contributed by atoms with Crippen LogP contribution in [0.5, 0.6) is 0 Å². The zero-order valence-electron chi connectivity index (χ0n) is 10.5. The van der Waals surface area contributed by atoms with Crippen molar-refractivity contribution in [3.05, 3.63) is 29.3 Å². The van der Waals surface area contributed by atoms with Crippen LogP contribution in [0.4, 0.5) is 8.78 Å². The molecule has 1 aliphatic rings. The van der Waals surface area contributed by atoms with Crippen LogP contribution in [0.2, 0.25) is 0 Å². The quantitative estimate of drug-likeness (QED) is 0.644. The summed E-state index contributed by atoms with van der Waals surface area (Å²) in [5, 5.41) is 3.19. The largest absolute Gasteiger partial charge is 0.468 e. The number of rotatable bonds is 6. The number of halogens is 2. The normalized spacial score (nSPS) is 14.5. The van der Waals surface area contributed by atoms with Crippen molar-refractivity contribution in [1.82, 2.24) is 5.32 Å². The van der Waals surface area contributed by atoms with E-state index in [1.54, 1.807) is 0 Å². The minimum absolute atomic E-state index is 0.107. The summed E-state index contributed by atoms with van der Waals surface area (Å²) in [6.07, 6.45) is 2.25. The van der Waals surface area contributed by atoms with Crippen LogP contribution in [0.25, 0.3) is 0 Å². The van der Waals surface area contributed by atoms with E-state index >= 15 is 0 Å². The molecule has 0 saturated heterocycles. The van der Waals surface area contributed by atoms with Gasteiger partial charge in [-0.25, -0.2) is 8.78 Å². The average Bonchev–Trinajstić information content (AvgIpc) is 3.19. The van der Waals surface area contributed by atoms with Crippen molar-refractivity contribution >= 4 is 17.7 Å². The minimum atomic E-state index is -0.638. The van der Waals surface area contributed by atoms with Gasteiger partial charge in [0.2, 0.25) is 0 Å². The lowest BCUT2D eigenvalue weighted by atomic mass is 10.2. The van der Waals surface area contributed by atoms with Crippen LogP contribution in [-0.2, 0) is 16.1 Å². The highest BCUT2D eigenvalue weighted by Crippen LogP contribution is 2.27. The summed E-state index contributed by atoms with van der Waals surface area (Å²) in [5.41, 5.74) is 0.573. The SMILES string of the molecule is COC(=O)CSc1c(F)cc(CNC2CC2)cc1F. The zero-order valence-corrected chi connectivity index (χ0v) is 11.4. The maximum absolute atomic E-state index is 13.8. The Labute approximate surface area is 114 Å². The van der Waals surface area contributed by atoms with Crippen LogP contribution in [0.1, 0.15) is 18.4 Å². The highest BCUT2D eigenvalue weighted by atomic mass is 32.2. The molecule has 0 atom stereocenters. The summed E-state index contributed by atoms with van der Waals surface area (Å²) in [5.74, 6) is -1.89. The first kappa shape index (κ1) is 14.3. The van der Waals surface area contributed by atoms with Gasteiger partial charge in [-0.05, 0) is 30.5 Å². The molecule has 2 rings (SSSR count). The summed E-state index contributed by atoms with van der Waals surface area (Å²) in [6.45, 7) is 0.459. The first-order valence-electron chi connectivity index (χ1n) is 6.01. The predicted octanol–water partition coefficient (Wildman–Crippen LogP) is 2.48. The lowest BCUT2D eigenvalue weighted by Crippen LogP contribution is -2.15. The van der Waals surface area contributed by atoms with E-state index < -0.39 is 17.6 Å². The van der Waals surface area contributed by atoms with E-state index in [0.29, 0.717) is 18.2 Å². The van der Waals surface area contributed by atoms with Crippen molar-refractivity contribution in [2.45, 2.75) is 30.3 Å². The second-order valence-electron chi connectivity index (χ2n) is 4.41. The van der Waals surface area contributed by atoms with Gasteiger partial charge in [0.05, 0.1) is 17.8 Å². The number of hydrogen-bond acceptors (Lipinski definition) is 4. The van der Waals surface area contributed by atoms with Crippen LogP contribution in [0, 0.1) is 11.6 Å². The molecule has 1 aromatic carbocycles. The maximum atomic E-state index is 13.8. The number of hydrogen-bond donors (Lipinski definition) is 1. The number of carbonyl (C=O) groups is 1. The fourth-order valence-corrected chi connectivity index (χ4v) is 2.37. The summed E-state index contributed by atoms with van der Waals surface area (Å²) in [6, 6.07) is 3.09. The Hall–Kier alpha value is -1.14. The second kappa shape index (κ2) is 6.34. The van der Waals surface area contributed by atoms with Crippen LogP contribution < -0.4 is 5.32 Å². The number of esters is 1. The summed E-state index contributed by atoms with van der Waals surface area (Å²) in [4.78, 5) is 10.8. The van der Waals surface area contributed by atoms with Gasteiger partial charge in [0.1, 0.15) is 11.6 Å². The molecule has 0 unspecified atom stereocenters. The molecule has 19 heavy (non-hydrogen) atoms. The molecule has 1 fully saturated rings. The van der Waals surface area contributed by atoms with Gasteiger partial charge in [0, 0.05) is 12.6 Å². The fourth-order valence-electron chi connectivity index (χ4n) is 1.59. The molecule has 1 N–H and O–H groups in total. The molecular weight excluding hydrogens is 272 g/mol. The fraction of sp³-hybridized carbons (Fsp3) is 0.462. The molecule has 0 radical (unpaired) electrons. The third-order valence-electron chi connectivity index (χ3n) is 2.79. The van der Waals surface area contributed by atoms with Gasteiger partial charge in [-0.3, -0.25) is 4.79 Å². The highest BCUT2D eigenvalue weighted by molar-refractivity contribution is 8.00. The number of nitrogens with one attached hydrogen (secondary N) is 1. The standard InChI is InChI=1S/C13H15F2NO2S/c1-18-12(17)7-19-13-10(14)4-8(5-11(13)15)6-16-9-2-3-9/h4-5,9,16H,2-3,6-7H2,1H3. The van der Waals surface area contributed by atoms with Gasteiger partial charge < -0.3 is 10.1 Å². The molecule has 0 bridgehead atoms. The summed E-state index contributed by atoms with van der Waals surface area (Å²) in [7, 11) is 1.24. The molecule has 104 valence electrons. The number of ether oxygens (including phenoxy) is 1. The van der Waals surface area contributed by atoms with Gasteiger partial charge in [0.15, 0.2) is 0 Å². The number of carbonyl (C=O) groups excluding carboxylic acids is 1. The maximum Gasteiger partial charge on any atom is 0.315 e. The van der Waals surface area contributed by atoms with E-state index in [9.17, 15) is 13.6 Å². The first-order chi connectivity index (χ1) is 9.10. The van der Waals surface area contributed by atoms with Crippen molar-refractivity contribution in [2.24, 2.45) is 0 Å². The number of thioether (sulfide) groups is 1. The van der Waals surface area contributed by atoms with E-state index in [2.05, 4.69) is 10.1 Å². The van der Waals surface area contributed by atoms with Crippen LogP contribution in [-0.4, -0.2) is 24.9 Å². The van der Waals surface area contributed by atoms with Gasteiger partial charge in [-0.2, -0.15) is 0 Å². The Morgan fingerprint density at radius 2 is 2.05 bits per heavy atom. The molecular formula is C13H15F2NO2S. The van der Waals surface area contributed by atoms with E-state index in [0.717, 1.165) is 24.6 Å². The number of methoxy groups -OCH3 is 1. The zero-order chi connectivity index (χ0) is 13.8. The molecule has 6 heteroatoms. The van der Waals surface area contributed by atoms with Crippen molar-refractivity contribution in [3.8, 4) is 0 Å². The minimum Gasteiger partial charge on any atom is -0.468 e. The van der Waals surface area contributed by atoms with E-state index in [1.165, 1.54) is 19.2 Å². The monoisotopic (exact) mass is 287 g/mol. The number of benzene rings is 1. The topological polar surface area (TPSA) is 38.3 Å². The molecule has 1 aliphatic carbocycles. The Morgan fingerprint density at radius 1 is 1.42 bits per heavy atom. The van der Waals surface area contributed by atoms with Gasteiger partial charge in [0.25, 0.3) is 0 Å². The molecule has 0 amide bonds. The summed E-state index contributed by atoms with van der Waals surface area (Å²) >= 11 is 0.807. The van der Waals surface area contributed by atoms with E-state index in [4.69, 9.17) is 0 Å². The Kier molecular flexibility index (Phi) is 4.76. The molecule has 1 saturated carbocycles. The third-order valence-corrected chi connectivity index (χ3v) is 3.85. The second-order valence-corrected chi connectivity index (χ2v) is 5.39. The molecule has 0 heterocycles. The highest BCUT2D eigenvalue weighted by Gasteiger charge is 2.20. The van der Waals surface area contributed by atoms with Crippen LogP contribution in [0.15, 0.2) is 17.0 Å². The Bertz CT molecular complexity index is 455. The predicted molar refractivity (Wildman–Crippen MR) is 69.0 cm³/mol. The van der Waals surface area contributed by atoms with E-state index in [1.807, 2.05) is 0 Å². The summed E-state index contributed by atoms with van der Waals surface area (Å²) < 4.78 is 32.0. The van der Waals surface area contributed by atoms with Crippen LogP contribution in [0.3, 0.4) is 0 Å². The van der Waals surface area contributed by atoms with Crippen molar-refractivity contribution in [1.29, 1.82) is 0 Å². The molecule has 0 aromatic heterocycles. The lowest BCUT2D eigenvalue weighted by molar-refractivity contribution is -0.137. The molecule has 0 spiro atoms. The van der Waals surface area contributed by atoms with Gasteiger partial charge in [-0.1, -0.05) is 0 Å². The van der Waals surface area contributed by atoms with Crippen molar-refractivity contribution in [3.63, 3.8) is 0 Å². The average molecular weight is 287 g/mol. The third kappa shape index (κ3) is 4.18. The molecule has 1 aromatic rings. The molecule has 0 aliphatic heterocycles. The first-order valence-corrected chi connectivity index (χ1v) is 6.99. The van der Waals surface area contributed by atoms with Crippen molar-refractivity contribution < 1.29 is 18.3 Å². The smallest absolute Gasteiger partial charge is 0.315 e. The van der Waals surface area contributed by atoms with Crippen molar-refractivity contribution in [2.75, 3.05) is 12.9 Å². The lowest BCUT2D eigenvalue weighted by Gasteiger charge is -2.08. The van der Waals surface area contributed by atoms with Gasteiger partial charge >= 0.3 is 5.97 Å². The Morgan fingerprint density at radius 3 is 2.58 bits per heavy atom. The molecule has 3 nitrogen and oxygen atoms in total.